The number of urea groups is 1. The van der Waals surface area contributed by atoms with E-state index in [0.717, 1.165) is 0 Å². The quantitative estimate of drug-likeness (QED) is 0.543. The van der Waals surface area contributed by atoms with Gasteiger partial charge in [-0.2, -0.15) is 5.10 Å². The lowest BCUT2D eigenvalue weighted by atomic mass is 10.2. The number of benzene rings is 2. The number of fused-ring (bicyclic) bond motifs is 1. The minimum Gasteiger partial charge on any atom is -0.307 e. The summed E-state index contributed by atoms with van der Waals surface area (Å²) in [5.41, 5.74) is 1.12. The molecule has 124 valence electrons. The zero-order valence-electron chi connectivity index (χ0n) is 12.6. The fraction of sp³-hybridized carbons (Fsp3) is 0. The van der Waals surface area contributed by atoms with Crippen LogP contribution in [0.3, 0.4) is 0 Å². The number of carbonyl (C=O) groups is 1. The van der Waals surface area contributed by atoms with E-state index in [1.165, 1.54) is 36.4 Å². The number of anilines is 1. The predicted molar refractivity (Wildman–Crippen MR) is 89.7 cm³/mol. The second kappa shape index (κ2) is 6.32. The summed E-state index contributed by atoms with van der Waals surface area (Å²) in [5.74, 6) is 0. The smallest absolute Gasteiger partial charge is 0.307 e. The van der Waals surface area contributed by atoms with Crippen LogP contribution in [-0.4, -0.2) is 11.0 Å². The highest BCUT2D eigenvalue weighted by molar-refractivity contribution is 5.89. The molecular formula is C16H10N4O5. The molecule has 3 aromatic carbocycles. The minimum absolute atomic E-state index is 0.119. The van der Waals surface area contributed by atoms with Gasteiger partial charge in [-0.3, -0.25) is 19.7 Å². The van der Waals surface area contributed by atoms with Crippen molar-refractivity contribution in [3.05, 3.63) is 84.4 Å². The van der Waals surface area contributed by atoms with E-state index in [1.54, 1.807) is 12.1 Å². The first-order chi connectivity index (χ1) is 12.0. The van der Waals surface area contributed by atoms with Crippen LogP contribution >= 0.6 is 0 Å². The van der Waals surface area contributed by atoms with Gasteiger partial charge in [0.05, 0.1) is 4.92 Å². The van der Waals surface area contributed by atoms with Gasteiger partial charge in [0, 0.05) is 28.6 Å². The third kappa shape index (κ3) is 3.11. The van der Waals surface area contributed by atoms with E-state index in [9.17, 15) is 24.5 Å². The number of amides is 2. The van der Waals surface area contributed by atoms with E-state index >= 15 is 0 Å². The molecule has 3 rings (SSSR count). The molecule has 0 atom stereocenters. The first-order valence-electron chi connectivity index (χ1n) is 7.05. The molecule has 25 heavy (non-hydrogen) atoms. The Bertz CT molecular complexity index is 1080. The lowest BCUT2D eigenvalue weighted by Gasteiger charge is -2.02. The van der Waals surface area contributed by atoms with Gasteiger partial charge in [-0.15, -0.1) is 0 Å². The topological polar surface area (TPSA) is 131 Å². The number of nitrogens with zero attached hydrogens (tertiary/aromatic N) is 2. The van der Waals surface area contributed by atoms with Crippen molar-refractivity contribution in [2.75, 3.05) is 5.32 Å². The van der Waals surface area contributed by atoms with Gasteiger partial charge in [0.1, 0.15) is 0 Å². The number of hydrogen-bond donors (Lipinski definition) is 2. The molecule has 9 nitrogen and oxygen atoms in total. The maximum absolute atomic E-state index is 12.1. The number of nitro groups is 1. The third-order valence-electron chi connectivity index (χ3n) is 3.45. The van der Waals surface area contributed by atoms with Crippen molar-refractivity contribution in [2.24, 2.45) is 5.10 Å². The first kappa shape index (κ1) is 16.0. The predicted octanol–water partition coefficient (Wildman–Crippen LogP) is 0.981. The van der Waals surface area contributed by atoms with Crippen molar-refractivity contribution < 1.29 is 9.72 Å². The zero-order chi connectivity index (χ0) is 18.0. The van der Waals surface area contributed by atoms with Gasteiger partial charge in [0.15, 0.2) is 5.36 Å². The highest BCUT2D eigenvalue weighted by Crippen LogP contribution is 2.15. The van der Waals surface area contributed by atoms with E-state index in [0.29, 0.717) is 0 Å². The molecule has 0 aromatic heterocycles. The van der Waals surface area contributed by atoms with Crippen LogP contribution in [0.1, 0.15) is 0 Å². The molecule has 0 saturated heterocycles. The number of non-ortho nitro benzene ring substituents is 1. The van der Waals surface area contributed by atoms with Crippen LogP contribution in [0, 0.1) is 10.1 Å². The average molecular weight is 338 g/mol. The summed E-state index contributed by atoms with van der Waals surface area (Å²) in [5, 5.41) is 16.6. The summed E-state index contributed by atoms with van der Waals surface area (Å²) in [6.45, 7) is 0. The molecule has 0 aliphatic rings. The Morgan fingerprint density at radius 2 is 1.52 bits per heavy atom. The lowest BCUT2D eigenvalue weighted by Crippen LogP contribution is -2.36. The molecule has 0 fully saturated rings. The second-order valence-electron chi connectivity index (χ2n) is 5.03. The number of nitrogens with one attached hydrogen (secondary N) is 2. The molecule has 0 radical (unpaired) electrons. The van der Waals surface area contributed by atoms with E-state index in [2.05, 4.69) is 15.8 Å². The van der Waals surface area contributed by atoms with Crippen molar-refractivity contribution in [3.8, 4) is 0 Å². The summed E-state index contributed by atoms with van der Waals surface area (Å²) in [4.78, 5) is 46.0. The molecule has 0 saturated carbocycles. The first-order valence-corrected chi connectivity index (χ1v) is 7.05. The van der Waals surface area contributed by atoms with Crippen molar-refractivity contribution >= 4 is 28.2 Å². The third-order valence-corrected chi connectivity index (χ3v) is 3.45. The average Bonchev–Trinajstić information content (AvgIpc) is 2.85. The van der Waals surface area contributed by atoms with E-state index in [-0.39, 0.29) is 27.5 Å². The Hall–Kier alpha value is -3.88. The Morgan fingerprint density at radius 3 is 2.04 bits per heavy atom. The summed E-state index contributed by atoms with van der Waals surface area (Å²) in [6, 6.07) is 10.6. The number of hydrogen-bond acceptors (Lipinski definition) is 6. The summed E-state index contributed by atoms with van der Waals surface area (Å²) < 4.78 is 0. The molecule has 0 unspecified atom stereocenters. The van der Waals surface area contributed by atoms with E-state index < -0.39 is 21.8 Å². The molecule has 9 heteroatoms. The Labute approximate surface area is 139 Å². The van der Waals surface area contributed by atoms with Crippen molar-refractivity contribution in [1.29, 1.82) is 0 Å². The minimum atomic E-state index is -0.794. The summed E-state index contributed by atoms with van der Waals surface area (Å²) in [7, 11) is 0. The molecule has 2 N–H and O–H groups in total. The van der Waals surface area contributed by atoms with Crippen LogP contribution in [-0.2, 0) is 0 Å². The Kier molecular flexibility index (Phi) is 4.04. The summed E-state index contributed by atoms with van der Waals surface area (Å²) in [6.07, 6.45) is 0. The molecule has 0 bridgehead atoms. The zero-order valence-corrected chi connectivity index (χ0v) is 12.6. The van der Waals surface area contributed by atoms with Gasteiger partial charge >= 0.3 is 6.03 Å². The summed E-state index contributed by atoms with van der Waals surface area (Å²) >= 11 is 0. The normalized spacial score (nSPS) is 10.4. The maximum Gasteiger partial charge on any atom is 0.339 e. The number of rotatable bonds is 3. The molecule has 0 aliphatic heterocycles. The Balaban J connectivity index is 1.80. The molecule has 0 heterocycles. The van der Waals surface area contributed by atoms with E-state index in [4.69, 9.17) is 0 Å². The monoisotopic (exact) mass is 338 g/mol. The standard InChI is InChI=1S/C16H10N4O5/c21-14-11-3-1-2-4-12(11)15(22)13(14)18-19-16(23)17-9-5-7-10(8-6-9)20(24)25/h1-8H,(H2,17,19,23). The van der Waals surface area contributed by atoms with Gasteiger partial charge in [0.25, 0.3) is 5.69 Å². The van der Waals surface area contributed by atoms with Crippen LogP contribution in [0.15, 0.2) is 63.2 Å². The highest BCUT2D eigenvalue weighted by atomic mass is 16.6. The van der Waals surface area contributed by atoms with Gasteiger partial charge < -0.3 is 5.32 Å². The Morgan fingerprint density at radius 1 is 0.960 bits per heavy atom. The van der Waals surface area contributed by atoms with E-state index in [1.807, 2.05) is 0 Å². The fourth-order valence-electron chi connectivity index (χ4n) is 2.27. The largest absolute Gasteiger partial charge is 0.339 e. The van der Waals surface area contributed by atoms with Crippen LogP contribution in [0.25, 0.3) is 10.8 Å². The molecule has 0 aliphatic carbocycles. The SMILES string of the molecule is O=C(NN=c1c(=O)c2ccccc2c1=O)Nc1ccc([N+](=O)[O-])cc1. The van der Waals surface area contributed by atoms with Gasteiger partial charge in [-0.25, -0.2) is 10.2 Å². The molecule has 0 spiro atoms. The van der Waals surface area contributed by atoms with Gasteiger partial charge in [-0.05, 0) is 12.1 Å². The van der Waals surface area contributed by atoms with Gasteiger partial charge in [0.2, 0.25) is 10.9 Å². The van der Waals surface area contributed by atoms with Crippen LogP contribution in [0.4, 0.5) is 16.2 Å². The van der Waals surface area contributed by atoms with Crippen molar-refractivity contribution in [2.45, 2.75) is 0 Å². The van der Waals surface area contributed by atoms with Crippen LogP contribution in [0.2, 0.25) is 0 Å². The maximum atomic E-state index is 12.1. The fourth-order valence-corrected chi connectivity index (χ4v) is 2.27. The number of carbonyl (C=O) groups excluding carboxylic acids is 1. The van der Waals surface area contributed by atoms with Crippen molar-refractivity contribution in [1.82, 2.24) is 5.43 Å². The number of nitro benzene ring substituents is 1. The molecule has 3 aromatic rings. The van der Waals surface area contributed by atoms with Crippen molar-refractivity contribution in [3.63, 3.8) is 0 Å². The van der Waals surface area contributed by atoms with Crippen LogP contribution in [0.5, 0.6) is 0 Å². The second-order valence-corrected chi connectivity index (χ2v) is 5.03. The van der Waals surface area contributed by atoms with Gasteiger partial charge in [-0.1, -0.05) is 24.3 Å². The lowest BCUT2D eigenvalue weighted by molar-refractivity contribution is -0.384. The highest BCUT2D eigenvalue weighted by Gasteiger charge is 2.11. The molecule has 2 amide bonds. The molecular weight excluding hydrogens is 328 g/mol. The van der Waals surface area contributed by atoms with Crippen LogP contribution < -0.4 is 27.0 Å².